The van der Waals surface area contributed by atoms with E-state index in [9.17, 15) is 9.59 Å². The van der Waals surface area contributed by atoms with E-state index in [4.69, 9.17) is 28.2 Å². The summed E-state index contributed by atoms with van der Waals surface area (Å²) in [7, 11) is 1.57. The summed E-state index contributed by atoms with van der Waals surface area (Å²) in [6.45, 7) is 3.81. The van der Waals surface area contributed by atoms with Gasteiger partial charge in [0.05, 0.1) is 45.1 Å². The van der Waals surface area contributed by atoms with Crippen molar-refractivity contribution < 1.29 is 9.59 Å². The molecule has 0 fully saturated rings. The first-order valence-electron chi connectivity index (χ1n) is 10.7. The smallest absolute Gasteiger partial charge is 0.254 e. The summed E-state index contributed by atoms with van der Waals surface area (Å²) in [5, 5.41) is 8.39. The van der Waals surface area contributed by atoms with Gasteiger partial charge in [-0.3, -0.25) is 9.59 Å². The number of amides is 2. The second-order valence-electron chi connectivity index (χ2n) is 8.15. The van der Waals surface area contributed by atoms with Crippen molar-refractivity contribution in [1.82, 2.24) is 19.7 Å². The molecule has 0 aliphatic rings. The van der Waals surface area contributed by atoms with Gasteiger partial charge in [0.15, 0.2) is 5.65 Å². The van der Waals surface area contributed by atoms with E-state index in [-0.39, 0.29) is 18.5 Å². The predicted molar refractivity (Wildman–Crippen MR) is 135 cm³/mol. The summed E-state index contributed by atoms with van der Waals surface area (Å²) in [5.74, 6) is -0.745. The maximum absolute atomic E-state index is 13.5. The van der Waals surface area contributed by atoms with Crippen molar-refractivity contribution in [1.29, 1.82) is 0 Å². The highest BCUT2D eigenvalue weighted by atomic mass is 35.5. The molecule has 0 atom stereocenters. The summed E-state index contributed by atoms with van der Waals surface area (Å²) >= 11 is 12.3. The molecule has 7 nitrogen and oxygen atoms in total. The number of hydrogen-bond donors (Lipinski definition) is 1. The van der Waals surface area contributed by atoms with Crippen molar-refractivity contribution in [3.63, 3.8) is 0 Å². The van der Waals surface area contributed by atoms with Crippen molar-refractivity contribution in [3.05, 3.63) is 76.4 Å². The predicted octanol–water partition coefficient (Wildman–Crippen LogP) is 5.70. The number of carbonyl (C=O) groups excluding carboxylic acids is 2. The number of aromatic nitrogens is 3. The highest BCUT2D eigenvalue weighted by Crippen LogP contribution is 2.30. The SMILES string of the molecule is CC(C)n1ncc2c(C(=O)N(C)CC(=O)Nc3c(Cl)cccc3Cl)cc(-c3ccccc3)nc21. The van der Waals surface area contributed by atoms with E-state index in [1.807, 2.05) is 44.2 Å². The van der Waals surface area contributed by atoms with E-state index in [1.165, 1.54) is 4.90 Å². The van der Waals surface area contributed by atoms with Gasteiger partial charge in [0.25, 0.3) is 5.91 Å². The third-order valence-corrected chi connectivity index (χ3v) is 5.94. The number of anilines is 1. The fourth-order valence-corrected chi connectivity index (χ4v) is 4.11. The standard InChI is InChI=1S/C25H23Cl2N5O2/c1-15(2)32-24-18(13-28-32)17(12-21(29-24)16-8-5-4-6-9-16)25(34)31(3)14-22(33)30-23-19(26)10-7-11-20(23)27/h4-13,15H,14H2,1-3H3,(H,30,33). The molecule has 0 spiro atoms. The quantitative estimate of drug-likeness (QED) is 0.372. The largest absolute Gasteiger partial charge is 0.332 e. The molecule has 4 rings (SSSR count). The highest BCUT2D eigenvalue weighted by molar-refractivity contribution is 6.39. The number of nitrogens with zero attached hydrogens (tertiary/aromatic N) is 4. The van der Waals surface area contributed by atoms with Crippen LogP contribution in [0.2, 0.25) is 10.0 Å². The maximum Gasteiger partial charge on any atom is 0.254 e. The third kappa shape index (κ3) is 4.76. The fraction of sp³-hybridized carbons (Fsp3) is 0.200. The lowest BCUT2D eigenvalue weighted by Gasteiger charge is -2.19. The molecule has 2 aromatic heterocycles. The van der Waals surface area contributed by atoms with Gasteiger partial charge in [0.1, 0.15) is 0 Å². The summed E-state index contributed by atoms with van der Waals surface area (Å²) in [6, 6.07) is 16.4. The number of fused-ring (bicyclic) bond motifs is 1. The molecule has 0 saturated heterocycles. The monoisotopic (exact) mass is 495 g/mol. The normalized spacial score (nSPS) is 11.1. The Morgan fingerprint density at radius 1 is 1.06 bits per heavy atom. The molecule has 174 valence electrons. The number of rotatable bonds is 6. The minimum Gasteiger partial charge on any atom is -0.332 e. The van der Waals surface area contributed by atoms with Crippen LogP contribution in [0.4, 0.5) is 5.69 Å². The first-order chi connectivity index (χ1) is 16.3. The Kier molecular flexibility index (Phi) is 6.86. The lowest BCUT2D eigenvalue weighted by Crippen LogP contribution is -2.35. The van der Waals surface area contributed by atoms with Gasteiger partial charge in [-0.1, -0.05) is 59.6 Å². The molecule has 0 bridgehead atoms. The molecule has 1 N–H and O–H groups in total. The van der Waals surface area contributed by atoms with Crippen LogP contribution >= 0.6 is 23.2 Å². The lowest BCUT2D eigenvalue weighted by atomic mass is 10.1. The number of likely N-dealkylation sites (N-methyl/N-ethyl adjacent to an activating group) is 1. The van der Waals surface area contributed by atoms with Gasteiger partial charge in [-0.15, -0.1) is 0 Å². The van der Waals surface area contributed by atoms with Gasteiger partial charge >= 0.3 is 0 Å². The molecule has 0 aliphatic carbocycles. The zero-order valence-corrected chi connectivity index (χ0v) is 20.4. The Balaban J connectivity index is 1.66. The molecule has 4 aromatic rings. The van der Waals surface area contributed by atoms with Crippen molar-refractivity contribution in [3.8, 4) is 11.3 Å². The molecule has 2 amide bonds. The lowest BCUT2D eigenvalue weighted by molar-refractivity contribution is -0.116. The van der Waals surface area contributed by atoms with Crippen LogP contribution in [0.3, 0.4) is 0 Å². The van der Waals surface area contributed by atoms with E-state index in [0.29, 0.717) is 38.0 Å². The summed E-state index contributed by atoms with van der Waals surface area (Å²) in [5.41, 5.74) is 2.87. The van der Waals surface area contributed by atoms with Crippen molar-refractivity contribution in [2.24, 2.45) is 0 Å². The van der Waals surface area contributed by atoms with Gasteiger partial charge < -0.3 is 10.2 Å². The van der Waals surface area contributed by atoms with Crippen LogP contribution in [-0.2, 0) is 4.79 Å². The van der Waals surface area contributed by atoms with Crippen molar-refractivity contribution in [2.45, 2.75) is 19.9 Å². The Bertz CT molecular complexity index is 1350. The van der Waals surface area contributed by atoms with E-state index in [0.717, 1.165) is 5.56 Å². The van der Waals surface area contributed by atoms with Gasteiger partial charge in [0.2, 0.25) is 5.91 Å². The minimum absolute atomic E-state index is 0.0582. The van der Waals surface area contributed by atoms with Crippen molar-refractivity contribution in [2.75, 3.05) is 18.9 Å². The number of carbonyl (C=O) groups is 2. The van der Waals surface area contributed by atoms with Crippen LogP contribution in [0.5, 0.6) is 0 Å². The van der Waals surface area contributed by atoms with Crippen LogP contribution in [0.25, 0.3) is 22.3 Å². The Labute approximate surface area is 207 Å². The summed E-state index contributed by atoms with van der Waals surface area (Å²) in [4.78, 5) is 32.3. The molecule has 9 heteroatoms. The Morgan fingerprint density at radius 3 is 2.38 bits per heavy atom. The number of para-hydroxylation sites is 1. The average molecular weight is 496 g/mol. The maximum atomic E-state index is 13.5. The van der Waals surface area contributed by atoms with Crippen LogP contribution < -0.4 is 5.32 Å². The zero-order valence-electron chi connectivity index (χ0n) is 18.9. The Hall–Kier alpha value is -3.42. The molecule has 0 unspecified atom stereocenters. The molecule has 0 aliphatic heterocycles. The minimum atomic E-state index is -0.419. The van der Waals surface area contributed by atoms with Crippen LogP contribution in [-0.4, -0.2) is 45.1 Å². The molecular weight excluding hydrogens is 473 g/mol. The second kappa shape index (κ2) is 9.83. The number of hydrogen-bond acceptors (Lipinski definition) is 4. The highest BCUT2D eigenvalue weighted by Gasteiger charge is 2.22. The van der Waals surface area contributed by atoms with Gasteiger partial charge in [-0.25, -0.2) is 9.67 Å². The third-order valence-electron chi connectivity index (χ3n) is 5.31. The number of nitrogens with one attached hydrogen (secondary N) is 1. The number of pyridine rings is 1. The van der Waals surface area contributed by atoms with Gasteiger partial charge in [-0.05, 0) is 32.0 Å². The molecule has 0 radical (unpaired) electrons. The topological polar surface area (TPSA) is 80.1 Å². The van der Waals surface area contributed by atoms with E-state index in [2.05, 4.69) is 10.4 Å². The molecular formula is C25H23Cl2N5O2. The van der Waals surface area contributed by atoms with Crippen LogP contribution in [0, 0.1) is 0 Å². The second-order valence-corrected chi connectivity index (χ2v) is 8.96. The molecule has 34 heavy (non-hydrogen) atoms. The first-order valence-corrected chi connectivity index (χ1v) is 11.4. The van der Waals surface area contributed by atoms with E-state index in [1.54, 1.807) is 42.2 Å². The number of benzene rings is 2. The average Bonchev–Trinajstić information content (AvgIpc) is 3.25. The van der Waals surface area contributed by atoms with Crippen LogP contribution in [0.1, 0.15) is 30.2 Å². The fourth-order valence-electron chi connectivity index (χ4n) is 3.62. The molecule has 2 heterocycles. The summed E-state index contributed by atoms with van der Waals surface area (Å²) in [6.07, 6.45) is 1.64. The van der Waals surface area contributed by atoms with E-state index >= 15 is 0 Å². The van der Waals surface area contributed by atoms with Gasteiger partial charge in [-0.2, -0.15) is 5.10 Å². The summed E-state index contributed by atoms with van der Waals surface area (Å²) < 4.78 is 1.78. The zero-order chi connectivity index (χ0) is 24.4. The molecule has 2 aromatic carbocycles. The van der Waals surface area contributed by atoms with Crippen molar-refractivity contribution >= 4 is 51.7 Å². The Morgan fingerprint density at radius 2 is 1.74 bits per heavy atom. The van der Waals surface area contributed by atoms with E-state index < -0.39 is 5.91 Å². The van der Waals surface area contributed by atoms with Gasteiger partial charge in [0, 0.05) is 18.7 Å². The van der Waals surface area contributed by atoms with Crippen LogP contribution in [0.15, 0.2) is 60.8 Å². The number of halogens is 2. The molecule has 0 saturated carbocycles. The first kappa shape index (κ1) is 23.7.